The molecule has 20 heavy (non-hydrogen) atoms. The Kier molecular flexibility index (Phi) is 3.50. The molecule has 2 atom stereocenters. The molecule has 0 spiro atoms. The van der Waals surface area contributed by atoms with E-state index in [0.29, 0.717) is 5.92 Å². The molecule has 3 rings (SSSR count). The topological polar surface area (TPSA) is 56.7 Å². The van der Waals surface area contributed by atoms with Crippen molar-refractivity contribution in [2.24, 2.45) is 11.7 Å². The molecular formula is C16H24N4. The Labute approximate surface area is 120 Å². The van der Waals surface area contributed by atoms with Crippen LogP contribution in [0.25, 0.3) is 11.2 Å². The van der Waals surface area contributed by atoms with Gasteiger partial charge in [0.05, 0.1) is 5.54 Å². The predicted octanol–water partition coefficient (Wildman–Crippen LogP) is 3.21. The average Bonchev–Trinajstić information content (AvgIpc) is 2.79. The molecule has 1 aliphatic carbocycles. The van der Waals surface area contributed by atoms with Crippen LogP contribution in [0.3, 0.4) is 0 Å². The van der Waals surface area contributed by atoms with Gasteiger partial charge in [-0.15, -0.1) is 0 Å². The van der Waals surface area contributed by atoms with E-state index in [0.717, 1.165) is 42.8 Å². The van der Waals surface area contributed by atoms with Crippen molar-refractivity contribution in [1.29, 1.82) is 0 Å². The number of hydrogen-bond acceptors (Lipinski definition) is 3. The van der Waals surface area contributed by atoms with E-state index in [1.165, 1.54) is 12.8 Å². The largest absolute Gasteiger partial charge is 0.319 e. The minimum atomic E-state index is -0.284. The SMILES string of the molecule is CCCn1c(C2(N)CCCC(C)C2)nc2cccnc21. The molecule has 1 fully saturated rings. The Morgan fingerprint density at radius 2 is 2.35 bits per heavy atom. The number of pyridine rings is 1. The maximum atomic E-state index is 6.75. The van der Waals surface area contributed by atoms with E-state index in [4.69, 9.17) is 10.7 Å². The summed E-state index contributed by atoms with van der Waals surface area (Å²) in [5.41, 5.74) is 8.42. The van der Waals surface area contributed by atoms with Crippen LogP contribution in [-0.4, -0.2) is 14.5 Å². The van der Waals surface area contributed by atoms with Gasteiger partial charge >= 0.3 is 0 Å². The molecule has 2 aromatic heterocycles. The van der Waals surface area contributed by atoms with Gasteiger partial charge in [0.15, 0.2) is 5.65 Å². The monoisotopic (exact) mass is 272 g/mol. The first kappa shape index (κ1) is 13.6. The lowest BCUT2D eigenvalue weighted by Gasteiger charge is -2.36. The van der Waals surface area contributed by atoms with Crippen molar-refractivity contribution in [3.8, 4) is 0 Å². The van der Waals surface area contributed by atoms with Crippen molar-refractivity contribution in [3.63, 3.8) is 0 Å². The first-order chi connectivity index (χ1) is 9.64. The van der Waals surface area contributed by atoms with Crippen LogP contribution in [0.2, 0.25) is 0 Å². The highest BCUT2D eigenvalue weighted by Crippen LogP contribution is 2.38. The lowest BCUT2D eigenvalue weighted by molar-refractivity contribution is 0.222. The van der Waals surface area contributed by atoms with E-state index in [9.17, 15) is 0 Å². The van der Waals surface area contributed by atoms with E-state index < -0.39 is 0 Å². The lowest BCUT2D eigenvalue weighted by atomic mass is 9.76. The third-order valence-corrected chi connectivity index (χ3v) is 4.43. The molecule has 0 aliphatic heterocycles. The molecule has 2 aromatic rings. The lowest BCUT2D eigenvalue weighted by Crippen LogP contribution is -2.43. The minimum absolute atomic E-state index is 0.284. The highest BCUT2D eigenvalue weighted by molar-refractivity contribution is 5.71. The second-order valence-corrected chi connectivity index (χ2v) is 6.29. The fourth-order valence-electron chi connectivity index (χ4n) is 3.57. The van der Waals surface area contributed by atoms with E-state index in [2.05, 4.69) is 23.4 Å². The summed E-state index contributed by atoms with van der Waals surface area (Å²) in [6.07, 6.45) is 7.45. The van der Waals surface area contributed by atoms with E-state index in [-0.39, 0.29) is 5.54 Å². The number of aromatic nitrogens is 3. The third-order valence-electron chi connectivity index (χ3n) is 4.43. The Balaban J connectivity index is 2.12. The van der Waals surface area contributed by atoms with Crippen molar-refractivity contribution in [2.75, 3.05) is 0 Å². The van der Waals surface area contributed by atoms with Gasteiger partial charge in [0.1, 0.15) is 11.3 Å². The molecule has 108 valence electrons. The van der Waals surface area contributed by atoms with Crippen molar-refractivity contribution >= 4 is 11.2 Å². The van der Waals surface area contributed by atoms with Gasteiger partial charge in [-0.1, -0.05) is 26.7 Å². The fourth-order valence-corrected chi connectivity index (χ4v) is 3.57. The molecule has 0 radical (unpaired) electrons. The second kappa shape index (κ2) is 5.17. The van der Waals surface area contributed by atoms with Gasteiger partial charge in [-0.05, 0) is 37.3 Å². The minimum Gasteiger partial charge on any atom is -0.319 e. The maximum Gasteiger partial charge on any atom is 0.160 e. The zero-order chi connectivity index (χ0) is 14.2. The number of rotatable bonds is 3. The standard InChI is InChI=1S/C16H24N4/c1-3-10-20-14-13(7-5-9-18-14)19-15(20)16(17)8-4-6-12(2)11-16/h5,7,9,12H,3-4,6,8,10-11,17H2,1-2H3. The molecule has 2 unspecified atom stereocenters. The molecule has 0 bridgehead atoms. The smallest absolute Gasteiger partial charge is 0.160 e. The molecule has 0 aromatic carbocycles. The van der Waals surface area contributed by atoms with Gasteiger partial charge in [0.25, 0.3) is 0 Å². The zero-order valence-electron chi connectivity index (χ0n) is 12.5. The van der Waals surface area contributed by atoms with E-state index in [1.54, 1.807) is 0 Å². The van der Waals surface area contributed by atoms with E-state index in [1.807, 2.05) is 18.3 Å². The molecule has 2 heterocycles. The summed E-state index contributed by atoms with van der Waals surface area (Å²) in [4.78, 5) is 9.35. The Hall–Kier alpha value is -1.42. The van der Waals surface area contributed by atoms with E-state index >= 15 is 0 Å². The summed E-state index contributed by atoms with van der Waals surface area (Å²) in [5, 5.41) is 0. The molecule has 4 nitrogen and oxygen atoms in total. The van der Waals surface area contributed by atoms with Gasteiger partial charge in [0.2, 0.25) is 0 Å². The second-order valence-electron chi connectivity index (χ2n) is 6.29. The normalized spacial score (nSPS) is 27.1. The summed E-state index contributed by atoms with van der Waals surface area (Å²) >= 11 is 0. The average molecular weight is 272 g/mol. The Morgan fingerprint density at radius 3 is 3.10 bits per heavy atom. The highest BCUT2D eigenvalue weighted by atomic mass is 15.2. The summed E-state index contributed by atoms with van der Waals surface area (Å²) in [5.74, 6) is 1.72. The molecule has 4 heteroatoms. The van der Waals surface area contributed by atoms with Gasteiger partial charge in [-0.2, -0.15) is 0 Å². The Morgan fingerprint density at radius 1 is 1.50 bits per heavy atom. The van der Waals surface area contributed by atoms with Gasteiger partial charge in [-0.25, -0.2) is 9.97 Å². The van der Waals surface area contributed by atoms with Crippen LogP contribution in [0, 0.1) is 5.92 Å². The number of imidazole rings is 1. The first-order valence-electron chi connectivity index (χ1n) is 7.74. The molecule has 1 saturated carbocycles. The number of hydrogen-bond donors (Lipinski definition) is 1. The van der Waals surface area contributed by atoms with Crippen molar-refractivity contribution < 1.29 is 0 Å². The van der Waals surface area contributed by atoms with Crippen LogP contribution < -0.4 is 5.73 Å². The molecule has 2 N–H and O–H groups in total. The number of aryl methyl sites for hydroxylation is 1. The van der Waals surface area contributed by atoms with Crippen molar-refractivity contribution in [3.05, 3.63) is 24.2 Å². The molecular weight excluding hydrogens is 248 g/mol. The van der Waals surface area contributed by atoms with Crippen LogP contribution in [0.5, 0.6) is 0 Å². The van der Waals surface area contributed by atoms with Crippen LogP contribution >= 0.6 is 0 Å². The summed E-state index contributed by atoms with van der Waals surface area (Å²) in [6.45, 7) is 5.42. The van der Waals surface area contributed by atoms with Crippen LogP contribution in [0.4, 0.5) is 0 Å². The zero-order valence-corrected chi connectivity index (χ0v) is 12.5. The number of nitrogens with two attached hydrogens (primary N) is 1. The number of nitrogens with zero attached hydrogens (tertiary/aromatic N) is 3. The van der Waals surface area contributed by atoms with Crippen LogP contribution in [0.1, 0.15) is 51.8 Å². The maximum absolute atomic E-state index is 6.75. The summed E-state index contributed by atoms with van der Waals surface area (Å²) in [6, 6.07) is 3.98. The van der Waals surface area contributed by atoms with Crippen molar-refractivity contribution in [2.45, 2.75) is 58.0 Å². The molecule has 0 amide bonds. The van der Waals surface area contributed by atoms with Gasteiger partial charge in [0, 0.05) is 12.7 Å². The molecule has 0 saturated heterocycles. The number of fused-ring (bicyclic) bond motifs is 1. The predicted molar refractivity (Wildman–Crippen MR) is 81.3 cm³/mol. The van der Waals surface area contributed by atoms with Gasteiger partial charge in [-0.3, -0.25) is 0 Å². The summed E-state index contributed by atoms with van der Waals surface area (Å²) in [7, 11) is 0. The summed E-state index contributed by atoms with van der Waals surface area (Å²) < 4.78 is 2.24. The quantitative estimate of drug-likeness (QED) is 0.933. The van der Waals surface area contributed by atoms with Gasteiger partial charge < -0.3 is 10.3 Å². The van der Waals surface area contributed by atoms with Crippen LogP contribution in [0.15, 0.2) is 18.3 Å². The fraction of sp³-hybridized carbons (Fsp3) is 0.625. The first-order valence-corrected chi connectivity index (χ1v) is 7.74. The van der Waals surface area contributed by atoms with Crippen LogP contribution in [-0.2, 0) is 12.1 Å². The third kappa shape index (κ3) is 2.22. The Bertz CT molecular complexity index is 604. The highest BCUT2D eigenvalue weighted by Gasteiger charge is 2.37. The molecule has 1 aliphatic rings. The van der Waals surface area contributed by atoms with Crippen molar-refractivity contribution in [1.82, 2.24) is 14.5 Å².